The zero-order valence-electron chi connectivity index (χ0n) is 16.0. The van der Waals surface area contributed by atoms with Gasteiger partial charge in [-0.25, -0.2) is 0 Å². The first-order chi connectivity index (χ1) is 12.1. The Hall–Kier alpha value is -1.40. The van der Waals surface area contributed by atoms with Crippen molar-refractivity contribution in [1.82, 2.24) is 24.9 Å². The molecular formula is C19H33N5O. The lowest BCUT2D eigenvalue weighted by atomic mass is 9.93. The first-order valence-electron chi connectivity index (χ1n) is 9.80. The molecule has 6 nitrogen and oxygen atoms in total. The molecule has 1 aromatic rings. The van der Waals surface area contributed by atoms with E-state index in [1.807, 2.05) is 17.9 Å². The van der Waals surface area contributed by atoms with Gasteiger partial charge in [-0.2, -0.15) is 5.10 Å². The average Bonchev–Trinajstić information content (AvgIpc) is 3.07. The molecule has 2 aliphatic heterocycles. The number of nitrogens with one attached hydrogen (secondary N) is 1. The highest BCUT2D eigenvalue weighted by molar-refractivity contribution is 5.92. The van der Waals surface area contributed by atoms with E-state index in [-0.39, 0.29) is 5.91 Å². The van der Waals surface area contributed by atoms with Gasteiger partial charge in [-0.15, -0.1) is 0 Å². The van der Waals surface area contributed by atoms with Crippen molar-refractivity contribution in [1.29, 1.82) is 0 Å². The monoisotopic (exact) mass is 347 g/mol. The molecule has 3 rings (SSSR count). The van der Waals surface area contributed by atoms with Crippen LogP contribution in [0.4, 0.5) is 0 Å². The highest BCUT2D eigenvalue weighted by Gasteiger charge is 2.29. The number of aryl methyl sites for hydroxylation is 1. The van der Waals surface area contributed by atoms with Crippen LogP contribution in [0.3, 0.4) is 0 Å². The maximum absolute atomic E-state index is 12.6. The van der Waals surface area contributed by atoms with Crippen LogP contribution in [-0.4, -0.2) is 83.2 Å². The molecule has 140 valence electrons. The minimum atomic E-state index is 0.0598. The zero-order valence-corrected chi connectivity index (χ0v) is 16.0. The molecule has 0 aromatic carbocycles. The number of hydrogen-bond donors (Lipinski definition) is 1. The normalized spacial score (nSPS) is 21.6. The Labute approximate surface area is 151 Å². The van der Waals surface area contributed by atoms with Crippen LogP contribution in [0.2, 0.25) is 0 Å². The van der Waals surface area contributed by atoms with Crippen LogP contribution in [0.5, 0.6) is 0 Å². The molecule has 0 atom stereocenters. The minimum absolute atomic E-state index is 0.0598. The number of likely N-dealkylation sites (tertiary alicyclic amines) is 2. The van der Waals surface area contributed by atoms with Crippen molar-refractivity contribution < 1.29 is 4.79 Å². The highest BCUT2D eigenvalue weighted by atomic mass is 16.2. The minimum Gasteiger partial charge on any atom is -0.337 e. The van der Waals surface area contributed by atoms with Crippen molar-refractivity contribution >= 4 is 5.91 Å². The number of nitrogens with zero attached hydrogens (tertiary/aromatic N) is 4. The fraction of sp³-hybridized carbons (Fsp3) is 0.789. The van der Waals surface area contributed by atoms with E-state index in [0.29, 0.717) is 11.6 Å². The lowest BCUT2D eigenvalue weighted by molar-refractivity contribution is 0.0607. The van der Waals surface area contributed by atoms with Crippen LogP contribution in [0, 0.1) is 12.8 Å². The van der Waals surface area contributed by atoms with Gasteiger partial charge in [0.15, 0.2) is 0 Å². The Morgan fingerprint density at radius 1 is 1.24 bits per heavy atom. The molecule has 0 aliphatic carbocycles. The third-order valence-corrected chi connectivity index (χ3v) is 5.93. The quantitative estimate of drug-likeness (QED) is 0.885. The summed E-state index contributed by atoms with van der Waals surface area (Å²) in [5, 5.41) is 7.00. The van der Waals surface area contributed by atoms with Gasteiger partial charge in [-0.3, -0.25) is 9.89 Å². The summed E-state index contributed by atoms with van der Waals surface area (Å²) in [5.41, 5.74) is 1.48. The summed E-state index contributed by atoms with van der Waals surface area (Å²) in [7, 11) is 2.22. The molecule has 0 unspecified atom stereocenters. The van der Waals surface area contributed by atoms with Crippen LogP contribution in [-0.2, 0) is 0 Å². The van der Waals surface area contributed by atoms with Crippen molar-refractivity contribution in [2.24, 2.45) is 5.92 Å². The van der Waals surface area contributed by atoms with Crippen LogP contribution >= 0.6 is 0 Å². The number of piperidine rings is 2. The van der Waals surface area contributed by atoms with Gasteiger partial charge in [-0.1, -0.05) is 0 Å². The molecule has 25 heavy (non-hydrogen) atoms. The number of rotatable bonds is 5. The summed E-state index contributed by atoms with van der Waals surface area (Å²) in [6, 6.07) is 2.61. The fourth-order valence-electron chi connectivity index (χ4n) is 4.22. The second-order valence-electron chi connectivity index (χ2n) is 7.79. The van der Waals surface area contributed by atoms with E-state index in [4.69, 9.17) is 0 Å². The molecule has 3 heterocycles. The van der Waals surface area contributed by atoms with Crippen molar-refractivity contribution in [2.75, 3.05) is 46.3 Å². The van der Waals surface area contributed by atoms with E-state index < -0.39 is 0 Å². The molecule has 1 amide bonds. The van der Waals surface area contributed by atoms with Crippen molar-refractivity contribution in [3.63, 3.8) is 0 Å². The molecule has 6 heteroatoms. The number of carbonyl (C=O) groups excluding carboxylic acids is 1. The van der Waals surface area contributed by atoms with Crippen LogP contribution < -0.4 is 0 Å². The largest absolute Gasteiger partial charge is 0.337 e. The number of carbonyl (C=O) groups is 1. The van der Waals surface area contributed by atoms with Gasteiger partial charge >= 0.3 is 0 Å². The van der Waals surface area contributed by atoms with Gasteiger partial charge in [0.1, 0.15) is 5.69 Å². The molecule has 2 aliphatic rings. The van der Waals surface area contributed by atoms with Crippen molar-refractivity contribution in [3.05, 3.63) is 17.5 Å². The van der Waals surface area contributed by atoms with E-state index in [9.17, 15) is 4.79 Å². The second-order valence-corrected chi connectivity index (χ2v) is 7.79. The van der Waals surface area contributed by atoms with E-state index in [1.165, 1.54) is 51.9 Å². The number of aromatic amines is 1. The standard InChI is InChI=1S/C19H33N5O/c1-4-23(19(25)18-13-15(2)20-21-18)14-16-5-11-24(12-6-16)17-7-9-22(3)10-8-17/h13,16-17H,4-12,14H2,1-3H3,(H,20,21). The van der Waals surface area contributed by atoms with E-state index >= 15 is 0 Å². The molecule has 1 aromatic heterocycles. The Morgan fingerprint density at radius 2 is 1.92 bits per heavy atom. The van der Waals surface area contributed by atoms with E-state index in [2.05, 4.69) is 34.0 Å². The molecule has 1 N–H and O–H groups in total. The first kappa shape index (κ1) is 18.4. The SMILES string of the molecule is CCN(CC1CCN(C2CCN(C)CC2)CC1)C(=O)c1cc(C)[nH]n1. The van der Waals surface area contributed by atoms with E-state index in [1.54, 1.807) is 0 Å². The average molecular weight is 348 g/mol. The number of aromatic nitrogens is 2. The Kier molecular flexibility index (Phi) is 6.12. The summed E-state index contributed by atoms with van der Waals surface area (Å²) >= 11 is 0. The summed E-state index contributed by atoms with van der Waals surface area (Å²) in [4.78, 5) is 19.7. The topological polar surface area (TPSA) is 55.5 Å². The first-order valence-corrected chi connectivity index (χ1v) is 9.80. The summed E-state index contributed by atoms with van der Waals surface area (Å²) in [6.45, 7) is 10.4. The van der Waals surface area contributed by atoms with Gasteiger partial charge in [0, 0.05) is 24.8 Å². The third-order valence-electron chi connectivity index (χ3n) is 5.93. The predicted molar refractivity (Wildman–Crippen MR) is 99.7 cm³/mol. The summed E-state index contributed by atoms with van der Waals surface area (Å²) < 4.78 is 0. The molecule has 0 bridgehead atoms. The second kappa shape index (κ2) is 8.32. The van der Waals surface area contributed by atoms with Crippen molar-refractivity contribution in [2.45, 2.75) is 45.6 Å². The van der Waals surface area contributed by atoms with Gasteiger partial charge in [0.25, 0.3) is 5.91 Å². The smallest absolute Gasteiger partial charge is 0.274 e. The molecule has 0 saturated carbocycles. The fourth-order valence-corrected chi connectivity index (χ4v) is 4.22. The number of hydrogen-bond acceptors (Lipinski definition) is 4. The Balaban J connectivity index is 1.48. The van der Waals surface area contributed by atoms with Gasteiger partial charge in [0.05, 0.1) is 0 Å². The summed E-state index contributed by atoms with van der Waals surface area (Å²) in [6.07, 6.45) is 5.02. The van der Waals surface area contributed by atoms with Gasteiger partial charge in [0.2, 0.25) is 0 Å². The molecule has 0 radical (unpaired) electrons. The lowest BCUT2D eigenvalue weighted by Gasteiger charge is -2.41. The van der Waals surface area contributed by atoms with Crippen LogP contribution in [0.25, 0.3) is 0 Å². The maximum Gasteiger partial charge on any atom is 0.274 e. The molecule has 2 fully saturated rings. The number of amides is 1. The van der Waals surface area contributed by atoms with E-state index in [0.717, 1.165) is 24.8 Å². The summed E-state index contributed by atoms with van der Waals surface area (Å²) in [5.74, 6) is 0.677. The zero-order chi connectivity index (χ0) is 17.8. The van der Waals surface area contributed by atoms with Crippen LogP contribution in [0.1, 0.15) is 48.8 Å². The predicted octanol–water partition coefficient (Wildman–Crippen LogP) is 1.99. The highest BCUT2D eigenvalue weighted by Crippen LogP contribution is 2.24. The lowest BCUT2D eigenvalue weighted by Crippen LogP contribution is -2.48. The number of H-pyrrole nitrogens is 1. The molecule has 0 spiro atoms. The molecule has 2 saturated heterocycles. The Morgan fingerprint density at radius 3 is 2.48 bits per heavy atom. The van der Waals surface area contributed by atoms with Gasteiger partial charge < -0.3 is 14.7 Å². The Bertz CT molecular complexity index is 556. The van der Waals surface area contributed by atoms with Gasteiger partial charge in [-0.05, 0) is 84.7 Å². The maximum atomic E-state index is 12.6. The van der Waals surface area contributed by atoms with Crippen molar-refractivity contribution in [3.8, 4) is 0 Å². The third kappa shape index (κ3) is 4.61. The molecular weight excluding hydrogens is 314 g/mol. The van der Waals surface area contributed by atoms with Crippen LogP contribution in [0.15, 0.2) is 6.07 Å².